The molecule has 1 fully saturated rings. The number of anilines is 1. The molecule has 4 nitrogen and oxygen atoms in total. The maximum atomic E-state index is 11.5. The van der Waals surface area contributed by atoms with Gasteiger partial charge in [-0.05, 0) is 40.9 Å². The maximum absolute atomic E-state index is 11.5. The number of hydrogen-bond acceptors (Lipinski definition) is 3. The summed E-state index contributed by atoms with van der Waals surface area (Å²) in [6.45, 7) is 0.280. The molecule has 0 heterocycles. The third kappa shape index (κ3) is 3.63. The smallest absolute Gasteiger partial charge is 0.239 e. The van der Waals surface area contributed by atoms with E-state index in [1.54, 1.807) is 7.11 Å². The Morgan fingerprint density at radius 2 is 2.29 bits per heavy atom. The minimum Gasteiger partial charge on any atom is -0.497 e. The Labute approximate surface area is 109 Å². The molecule has 5 heteroatoms. The van der Waals surface area contributed by atoms with Gasteiger partial charge in [0.1, 0.15) is 5.75 Å². The van der Waals surface area contributed by atoms with Gasteiger partial charge in [0.25, 0.3) is 0 Å². The number of hydrogen-bond donors (Lipinski definition) is 2. The van der Waals surface area contributed by atoms with Crippen molar-refractivity contribution in [3.63, 3.8) is 0 Å². The van der Waals surface area contributed by atoms with Crippen LogP contribution >= 0.6 is 15.9 Å². The van der Waals surface area contributed by atoms with Gasteiger partial charge in [-0.1, -0.05) is 0 Å². The molecule has 0 unspecified atom stereocenters. The quantitative estimate of drug-likeness (QED) is 0.876. The van der Waals surface area contributed by atoms with Gasteiger partial charge in [-0.2, -0.15) is 0 Å². The van der Waals surface area contributed by atoms with Gasteiger partial charge in [-0.25, -0.2) is 0 Å². The monoisotopic (exact) mass is 298 g/mol. The number of amides is 1. The first-order valence-corrected chi connectivity index (χ1v) is 6.35. The summed E-state index contributed by atoms with van der Waals surface area (Å²) in [4.78, 5) is 11.5. The molecule has 0 bridgehead atoms. The van der Waals surface area contributed by atoms with Crippen molar-refractivity contribution in [3.8, 4) is 5.75 Å². The summed E-state index contributed by atoms with van der Waals surface area (Å²) in [7, 11) is 1.62. The largest absolute Gasteiger partial charge is 0.497 e. The molecule has 1 aliphatic carbocycles. The van der Waals surface area contributed by atoms with E-state index in [1.165, 1.54) is 0 Å². The van der Waals surface area contributed by atoms with Gasteiger partial charge in [-0.15, -0.1) is 0 Å². The molecule has 17 heavy (non-hydrogen) atoms. The molecule has 0 saturated heterocycles. The third-order valence-electron chi connectivity index (χ3n) is 2.56. The topological polar surface area (TPSA) is 50.4 Å². The van der Waals surface area contributed by atoms with Crippen LogP contribution in [-0.2, 0) is 4.79 Å². The predicted molar refractivity (Wildman–Crippen MR) is 70.3 cm³/mol. The molecule has 0 spiro atoms. The lowest BCUT2D eigenvalue weighted by atomic mass is 10.3. The highest BCUT2D eigenvalue weighted by atomic mass is 79.9. The van der Waals surface area contributed by atoms with Crippen LogP contribution in [0.5, 0.6) is 5.75 Å². The Hall–Kier alpha value is -1.23. The minimum absolute atomic E-state index is 0.0298. The number of ether oxygens (including phenoxy) is 1. The predicted octanol–water partition coefficient (Wildman–Crippen LogP) is 2.15. The first-order chi connectivity index (χ1) is 8.19. The van der Waals surface area contributed by atoms with E-state index >= 15 is 0 Å². The summed E-state index contributed by atoms with van der Waals surface area (Å²) < 4.78 is 6.04. The van der Waals surface area contributed by atoms with Crippen molar-refractivity contribution < 1.29 is 9.53 Å². The Bertz CT molecular complexity index is 419. The molecule has 1 aromatic carbocycles. The first kappa shape index (κ1) is 12.2. The summed E-state index contributed by atoms with van der Waals surface area (Å²) in [6, 6.07) is 6.01. The van der Waals surface area contributed by atoms with E-state index < -0.39 is 0 Å². The Kier molecular flexibility index (Phi) is 3.89. The fourth-order valence-electron chi connectivity index (χ4n) is 1.45. The lowest BCUT2D eigenvalue weighted by Gasteiger charge is -2.10. The molecule has 2 N–H and O–H groups in total. The van der Waals surface area contributed by atoms with E-state index in [1.807, 2.05) is 18.2 Å². The van der Waals surface area contributed by atoms with Gasteiger partial charge in [0.05, 0.1) is 19.3 Å². The van der Waals surface area contributed by atoms with Gasteiger partial charge in [0.2, 0.25) is 5.91 Å². The highest BCUT2D eigenvalue weighted by Gasteiger charge is 2.22. The van der Waals surface area contributed by atoms with Crippen molar-refractivity contribution in [2.45, 2.75) is 18.9 Å². The van der Waals surface area contributed by atoms with E-state index in [9.17, 15) is 4.79 Å². The van der Waals surface area contributed by atoms with Crippen LogP contribution in [0.3, 0.4) is 0 Å². The normalized spacial score (nSPS) is 14.2. The van der Waals surface area contributed by atoms with Gasteiger partial charge >= 0.3 is 0 Å². The summed E-state index contributed by atoms with van der Waals surface area (Å²) in [5.41, 5.74) is 0.857. The summed E-state index contributed by atoms with van der Waals surface area (Å²) in [5.74, 6) is 0.792. The van der Waals surface area contributed by atoms with Gasteiger partial charge in [-0.3, -0.25) is 4.79 Å². The summed E-state index contributed by atoms with van der Waals surface area (Å²) in [5, 5.41) is 6.01. The zero-order valence-corrected chi connectivity index (χ0v) is 11.2. The molecule has 92 valence electrons. The van der Waals surface area contributed by atoms with Crippen LogP contribution in [0.25, 0.3) is 0 Å². The van der Waals surface area contributed by atoms with Gasteiger partial charge in [0, 0.05) is 16.6 Å². The van der Waals surface area contributed by atoms with Crippen LogP contribution in [0.4, 0.5) is 5.69 Å². The van der Waals surface area contributed by atoms with Crippen LogP contribution in [0.1, 0.15) is 12.8 Å². The van der Waals surface area contributed by atoms with Gasteiger partial charge in [0.15, 0.2) is 0 Å². The van der Waals surface area contributed by atoms with Crippen molar-refractivity contribution in [2.75, 3.05) is 19.0 Å². The van der Waals surface area contributed by atoms with Crippen molar-refractivity contribution in [1.82, 2.24) is 5.32 Å². The Morgan fingerprint density at radius 1 is 1.53 bits per heavy atom. The first-order valence-electron chi connectivity index (χ1n) is 5.56. The zero-order valence-electron chi connectivity index (χ0n) is 9.63. The van der Waals surface area contributed by atoms with E-state index in [4.69, 9.17) is 4.74 Å². The van der Waals surface area contributed by atoms with Crippen molar-refractivity contribution in [3.05, 3.63) is 22.7 Å². The van der Waals surface area contributed by atoms with Crippen LogP contribution in [0.2, 0.25) is 0 Å². The molecular formula is C12H15BrN2O2. The second kappa shape index (κ2) is 5.40. The number of benzene rings is 1. The molecule has 1 aromatic rings. The van der Waals surface area contributed by atoms with E-state index in [0.717, 1.165) is 28.8 Å². The van der Waals surface area contributed by atoms with Gasteiger partial charge < -0.3 is 15.4 Å². The maximum Gasteiger partial charge on any atom is 0.239 e. The molecule has 1 amide bonds. The second-order valence-electron chi connectivity index (χ2n) is 4.04. The Balaban J connectivity index is 1.90. The van der Waals surface area contributed by atoms with Crippen molar-refractivity contribution in [1.29, 1.82) is 0 Å². The molecular weight excluding hydrogens is 284 g/mol. The van der Waals surface area contributed by atoms with Crippen LogP contribution in [-0.4, -0.2) is 25.6 Å². The standard InChI is InChI=1S/C12H15BrN2O2/c1-17-9-4-5-10(13)11(6-9)14-7-12(16)15-8-2-3-8/h4-6,8,14H,2-3,7H2,1H3,(H,15,16). The number of rotatable bonds is 5. The lowest BCUT2D eigenvalue weighted by molar-refractivity contribution is -0.119. The summed E-state index contributed by atoms with van der Waals surface area (Å²) in [6.07, 6.45) is 2.21. The highest BCUT2D eigenvalue weighted by Crippen LogP contribution is 2.26. The number of carbonyl (C=O) groups excluding carboxylic acids is 1. The molecule has 1 aliphatic rings. The average molecular weight is 299 g/mol. The highest BCUT2D eigenvalue weighted by molar-refractivity contribution is 9.10. The van der Waals surface area contributed by atoms with Crippen LogP contribution in [0, 0.1) is 0 Å². The number of methoxy groups -OCH3 is 1. The van der Waals surface area contributed by atoms with Crippen molar-refractivity contribution >= 4 is 27.5 Å². The molecule has 0 radical (unpaired) electrons. The number of nitrogens with one attached hydrogen (secondary N) is 2. The number of halogens is 1. The molecule has 0 aliphatic heterocycles. The van der Waals surface area contributed by atoms with E-state index in [2.05, 4.69) is 26.6 Å². The van der Waals surface area contributed by atoms with E-state index in [-0.39, 0.29) is 12.5 Å². The number of carbonyl (C=O) groups is 1. The Morgan fingerprint density at radius 3 is 2.94 bits per heavy atom. The molecule has 2 rings (SSSR count). The fraction of sp³-hybridized carbons (Fsp3) is 0.417. The zero-order chi connectivity index (χ0) is 12.3. The van der Waals surface area contributed by atoms with Crippen LogP contribution in [0.15, 0.2) is 22.7 Å². The SMILES string of the molecule is COc1ccc(Br)c(NCC(=O)NC2CC2)c1. The second-order valence-corrected chi connectivity index (χ2v) is 4.90. The third-order valence-corrected chi connectivity index (χ3v) is 3.25. The lowest BCUT2D eigenvalue weighted by Crippen LogP contribution is -2.31. The molecule has 0 atom stereocenters. The molecule has 0 aromatic heterocycles. The minimum atomic E-state index is 0.0298. The fourth-order valence-corrected chi connectivity index (χ4v) is 1.84. The van der Waals surface area contributed by atoms with Crippen molar-refractivity contribution in [2.24, 2.45) is 0 Å². The molecule has 1 saturated carbocycles. The average Bonchev–Trinajstić information content (AvgIpc) is 3.12. The van der Waals surface area contributed by atoms with Crippen LogP contribution < -0.4 is 15.4 Å². The van der Waals surface area contributed by atoms with E-state index in [0.29, 0.717) is 6.04 Å². The summed E-state index contributed by atoms with van der Waals surface area (Å²) >= 11 is 3.42.